The summed E-state index contributed by atoms with van der Waals surface area (Å²) in [5, 5.41) is 4.75. The van der Waals surface area contributed by atoms with E-state index < -0.39 is 11.5 Å². The van der Waals surface area contributed by atoms with E-state index in [2.05, 4.69) is 10.3 Å². The quantitative estimate of drug-likeness (QED) is 0.605. The summed E-state index contributed by atoms with van der Waals surface area (Å²) in [6.07, 6.45) is 1.62. The Morgan fingerprint density at radius 3 is 2.76 bits per heavy atom. The van der Waals surface area contributed by atoms with Gasteiger partial charge in [-0.3, -0.25) is 9.78 Å². The Morgan fingerprint density at radius 1 is 1.04 bits per heavy atom. The first-order valence-electron chi connectivity index (χ1n) is 7.81. The van der Waals surface area contributed by atoms with Gasteiger partial charge in [-0.1, -0.05) is 35.9 Å². The topological polar surface area (TPSA) is 72.2 Å². The van der Waals surface area contributed by atoms with Crippen molar-refractivity contribution in [1.29, 1.82) is 0 Å². The molecule has 25 heavy (non-hydrogen) atoms. The fraction of sp³-hybridized carbons (Fsp3) is 0.0500. The smallest absolute Gasteiger partial charge is 0.344 e. The van der Waals surface area contributed by atoms with Crippen LogP contribution >= 0.6 is 0 Å². The zero-order valence-electron chi connectivity index (χ0n) is 13.4. The molecule has 5 heteroatoms. The van der Waals surface area contributed by atoms with Crippen molar-refractivity contribution in [3.05, 3.63) is 82.5 Å². The number of pyridine rings is 1. The standard InChI is InChI=1S/C20H14N2O3/c1-12-6-7-13-11-18(25-20(24)15(13)10-12)19(23)22-17-8-9-21-16-5-3-2-4-14(16)17/h2-11H,1H3,(H,21,22,23). The molecule has 0 fully saturated rings. The lowest BCUT2D eigenvalue weighted by Gasteiger charge is -2.08. The van der Waals surface area contributed by atoms with E-state index in [1.165, 1.54) is 0 Å². The van der Waals surface area contributed by atoms with Gasteiger partial charge in [-0.05, 0) is 36.6 Å². The van der Waals surface area contributed by atoms with E-state index in [9.17, 15) is 9.59 Å². The zero-order valence-corrected chi connectivity index (χ0v) is 13.4. The van der Waals surface area contributed by atoms with Crippen molar-refractivity contribution < 1.29 is 9.21 Å². The maximum atomic E-state index is 12.6. The Labute approximate surface area is 142 Å². The average molecular weight is 330 g/mol. The molecule has 0 radical (unpaired) electrons. The second-order valence-electron chi connectivity index (χ2n) is 5.82. The minimum atomic E-state index is -0.522. The summed E-state index contributed by atoms with van der Waals surface area (Å²) in [5.41, 5.74) is 1.82. The van der Waals surface area contributed by atoms with Crippen molar-refractivity contribution in [3.8, 4) is 0 Å². The minimum Gasteiger partial charge on any atom is -0.417 e. The van der Waals surface area contributed by atoms with Crippen LogP contribution in [0.2, 0.25) is 0 Å². The van der Waals surface area contributed by atoms with Crippen LogP contribution in [0.5, 0.6) is 0 Å². The zero-order chi connectivity index (χ0) is 17.4. The molecule has 4 rings (SSSR count). The summed E-state index contributed by atoms with van der Waals surface area (Å²) in [6, 6.07) is 16.2. The lowest BCUT2D eigenvalue weighted by atomic mass is 10.1. The van der Waals surface area contributed by atoms with Crippen LogP contribution < -0.4 is 10.9 Å². The monoisotopic (exact) mass is 330 g/mol. The van der Waals surface area contributed by atoms with Gasteiger partial charge < -0.3 is 9.73 Å². The van der Waals surface area contributed by atoms with Crippen molar-refractivity contribution >= 4 is 33.3 Å². The van der Waals surface area contributed by atoms with Crippen LogP contribution in [0.25, 0.3) is 21.7 Å². The molecule has 0 saturated heterocycles. The van der Waals surface area contributed by atoms with Crippen molar-refractivity contribution in [2.75, 3.05) is 5.32 Å². The Bertz CT molecular complexity index is 1170. The van der Waals surface area contributed by atoms with E-state index in [4.69, 9.17) is 4.42 Å². The van der Waals surface area contributed by atoms with Crippen LogP contribution in [-0.4, -0.2) is 10.9 Å². The van der Waals surface area contributed by atoms with Gasteiger partial charge in [-0.15, -0.1) is 0 Å². The third-order valence-corrected chi connectivity index (χ3v) is 4.04. The van der Waals surface area contributed by atoms with Crippen molar-refractivity contribution in [1.82, 2.24) is 4.98 Å². The van der Waals surface area contributed by atoms with Gasteiger partial charge in [0.25, 0.3) is 5.91 Å². The highest BCUT2D eigenvalue weighted by Crippen LogP contribution is 2.22. The molecule has 0 aliphatic carbocycles. The third kappa shape index (κ3) is 2.76. The van der Waals surface area contributed by atoms with Crippen molar-refractivity contribution in [2.24, 2.45) is 0 Å². The number of fused-ring (bicyclic) bond motifs is 2. The first-order chi connectivity index (χ1) is 12.1. The number of rotatable bonds is 2. The normalized spacial score (nSPS) is 10.9. The molecule has 0 spiro atoms. The minimum absolute atomic E-state index is 0.0257. The number of aromatic nitrogens is 1. The second kappa shape index (κ2) is 5.87. The summed E-state index contributed by atoms with van der Waals surface area (Å²) in [5.74, 6) is -0.502. The molecule has 122 valence electrons. The van der Waals surface area contributed by atoms with Gasteiger partial charge in [0.1, 0.15) is 0 Å². The summed E-state index contributed by atoms with van der Waals surface area (Å²) in [4.78, 5) is 29.0. The molecule has 5 nitrogen and oxygen atoms in total. The fourth-order valence-electron chi connectivity index (χ4n) is 2.80. The van der Waals surface area contributed by atoms with Gasteiger partial charge in [-0.2, -0.15) is 0 Å². The van der Waals surface area contributed by atoms with Gasteiger partial charge in [-0.25, -0.2) is 4.79 Å². The number of hydrogen-bond donors (Lipinski definition) is 1. The van der Waals surface area contributed by atoms with Gasteiger partial charge in [0, 0.05) is 11.6 Å². The summed E-state index contributed by atoms with van der Waals surface area (Å²) < 4.78 is 5.21. The molecule has 1 N–H and O–H groups in total. The fourth-order valence-corrected chi connectivity index (χ4v) is 2.80. The van der Waals surface area contributed by atoms with Crippen LogP contribution in [-0.2, 0) is 0 Å². The van der Waals surface area contributed by atoms with E-state index in [1.54, 1.807) is 30.5 Å². The Morgan fingerprint density at radius 2 is 1.88 bits per heavy atom. The summed E-state index contributed by atoms with van der Waals surface area (Å²) >= 11 is 0. The molecule has 2 aromatic carbocycles. The molecular formula is C20H14N2O3. The SMILES string of the molecule is Cc1ccc2cc(C(=O)Nc3ccnc4ccccc34)oc(=O)c2c1. The van der Waals surface area contributed by atoms with Gasteiger partial charge in [0.05, 0.1) is 16.6 Å². The summed E-state index contributed by atoms with van der Waals surface area (Å²) in [6.45, 7) is 1.90. The summed E-state index contributed by atoms with van der Waals surface area (Å²) in [7, 11) is 0. The molecule has 2 aromatic heterocycles. The Kier molecular flexibility index (Phi) is 3.54. The van der Waals surface area contributed by atoms with Crippen LogP contribution in [0.4, 0.5) is 5.69 Å². The number of carbonyl (C=O) groups is 1. The molecule has 0 bridgehead atoms. The van der Waals surface area contributed by atoms with Crippen LogP contribution in [0.1, 0.15) is 16.1 Å². The average Bonchev–Trinajstić information content (AvgIpc) is 2.62. The first kappa shape index (κ1) is 15.1. The van der Waals surface area contributed by atoms with E-state index in [-0.39, 0.29) is 5.76 Å². The third-order valence-electron chi connectivity index (χ3n) is 4.04. The van der Waals surface area contributed by atoms with E-state index >= 15 is 0 Å². The molecule has 0 unspecified atom stereocenters. The number of nitrogens with one attached hydrogen (secondary N) is 1. The van der Waals surface area contributed by atoms with Crippen molar-refractivity contribution in [2.45, 2.75) is 6.92 Å². The Balaban J connectivity index is 1.75. The molecule has 2 heterocycles. The number of para-hydroxylation sites is 1. The number of nitrogens with zero attached hydrogens (tertiary/aromatic N) is 1. The predicted molar refractivity (Wildman–Crippen MR) is 96.9 cm³/mol. The molecule has 0 saturated carbocycles. The molecule has 4 aromatic rings. The van der Waals surface area contributed by atoms with Crippen LogP contribution in [0.3, 0.4) is 0 Å². The van der Waals surface area contributed by atoms with Crippen molar-refractivity contribution in [3.63, 3.8) is 0 Å². The molecular weight excluding hydrogens is 316 g/mol. The highest BCUT2D eigenvalue weighted by Gasteiger charge is 2.14. The second-order valence-corrected chi connectivity index (χ2v) is 5.82. The number of hydrogen-bond acceptors (Lipinski definition) is 4. The molecule has 0 aliphatic heterocycles. The van der Waals surface area contributed by atoms with Gasteiger partial charge in [0.15, 0.2) is 5.76 Å². The largest absolute Gasteiger partial charge is 0.417 e. The van der Waals surface area contributed by atoms with Gasteiger partial charge >= 0.3 is 5.63 Å². The van der Waals surface area contributed by atoms with Crippen LogP contribution in [0.15, 0.2) is 70.0 Å². The maximum Gasteiger partial charge on any atom is 0.344 e. The highest BCUT2D eigenvalue weighted by atomic mass is 16.4. The predicted octanol–water partition coefficient (Wildman–Crippen LogP) is 3.90. The lowest BCUT2D eigenvalue weighted by Crippen LogP contribution is -2.15. The van der Waals surface area contributed by atoms with E-state index in [0.717, 1.165) is 16.5 Å². The number of aryl methyl sites for hydroxylation is 1. The highest BCUT2D eigenvalue weighted by molar-refractivity contribution is 6.08. The van der Waals surface area contributed by atoms with E-state index in [1.807, 2.05) is 37.3 Å². The van der Waals surface area contributed by atoms with Crippen LogP contribution in [0, 0.1) is 6.92 Å². The number of carbonyl (C=O) groups excluding carboxylic acids is 1. The molecule has 1 amide bonds. The maximum absolute atomic E-state index is 12.6. The van der Waals surface area contributed by atoms with Gasteiger partial charge in [0.2, 0.25) is 0 Å². The number of anilines is 1. The lowest BCUT2D eigenvalue weighted by molar-refractivity contribution is 0.0993. The van der Waals surface area contributed by atoms with E-state index in [0.29, 0.717) is 16.5 Å². The number of benzene rings is 2. The molecule has 0 aliphatic rings. The Hall–Kier alpha value is -3.47. The first-order valence-corrected chi connectivity index (χ1v) is 7.81. The number of amides is 1. The molecule has 0 atom stereocenters.